The third-order valence-corrected chi connectivity index (χ3v) is 14.7. The van der Waals surface area contributed by atoms with Crippen molar-refractivity contribution in [2.45, 2.75) is 62.3 Å². The van der Waals surface area contributed by atoms with Gasteiger partial charge in [0.05, 0.1) is 61.4 Å². The van der Waals surface area contributed by atoms with E-state index in [0.717, 1.165) is 132 Å². The predicted molar refractivity (Wildman–Crippen MR) is 297 cm³/mol. The molecule has 12 rings (SSSR count). The number of nitriles is 2. The zero-order chi connectivity index (χ0) is 49.3. The summed E-state index contributed by atoms with van der Waals surface area (Å²) in [5.74, 6) is 0. The van der Waals surface area contributed by atoms with Crippen LogP contribution in [0.1, 0.15) is 68.3 Å². The molecule has 0 unspecified atom stereocenters. The molecule has 8 aromatic carbocycles. The monoisotopic (exact) mass is 916 g/mol. The summed E-state index contributed by atoms with van der Waals surface area (Å²) in [6.07, 6.45) is 4.17. The zero-order valence-corrected chi connectivity index (χ0v) is 41.7. The summed E-state index contributed by atoms with van der Waals surface area (Å²) in [5, 5.41) is 32.8. The predicted octanol–water partition coefficient (Wildman–Crippen LogP) is 16.7. The summed E-state index contributed by atoms with van der Waals surface area (Å²) < 4.78 is 9.08. The van der Waals surface area contributed by atoms with Gasteiger partial charge in [0.1, 0.15) is 23.3 Å². The Hall–Kier alpha value is -8.84. The highest BCUT2D eigenvalue weighted by molar-refractivity contribution is 6.15. The lowest BCUT2D eigenvalue weighted by Crippen LogP contribution is -2.17. The fourth-order valence-corrected chi connectivity index (χ4v) is 11.5. The molecule has 0 aliphatic carbocycles. The molecule has 342 valence electrons. The van der Waals surface area contributed by atoms with Crippen LogP contribution in [0.4, 0.5) is 0 Å². The minimum absolute atomic E-state index is 0.430. The number of fused-ring (bicyclic) bond motifs is 10. The van der Waals surface area contributed by atoms with Crippen molar-refractivity contribution in [3.63, 3.8) is 0 Å². The molecule has 4 heterocycles. The number of nitrogens with zero attached hydrogens (tertiary/aromatic N) is 6. The van der Waals surface area contributed by atoms with Crippen molar-refractivity contribution in [3.8, 4) is 34.9 Å². The quantitative estimate of drug-likeness (QED) is 0.156. The molecule has 0 spiro atoms. The first kappa shape index (κ1) is 43.4. The van der Waals surface area contributed by atoms with Crippen LogP contribution in [-0.2, 0) is 0 Å². The lowest BCUT2D eigenvalue weighted by Gasteiger charge is -2.27. The first-order valence-corrected chi connectivity index (χ1v) is 24.3. The van der Waals surface area contributed by atoms with Gasteiger partial charge < -0.3 is 18.3 Å². The van der Waals surface area contributed by atoms with Crippen LogP contribution in [0.25, 0.3) is 105 Å². The molecule has 0 fully saturated rings. The zero-order valence-electron chi connectivity index (χ0n) is 41.7. The second-order valence-corrected chi connectivity index (χ2v) is 20.0. The first-order valence-electron chi connectivity index (χ1n) is 24.3. The highest BCUT2D eigenvalue weighted by atomic mass is 15.1. The van der Waals surface area contributed by atoms with Crippen LogP contribution < -0.4 is 0 Å². The molecule has 0 bridgehead atoms. The maximum atomic E-state index is 12.6. The number of hydrogen-bond donors (Lipinski definition) is 0. The van der Waals surface area contributed by atoms with Crippen LogP contribution in [0.5, 0.6) is 0 Å². The van der Waals surface area contributed by atoms with Gasteiger partial charge in [-0.2, -0.15) is 10.5 Å². The number of rotatable bonds is 6. The van der Waals surface area contributed by atoms with E-state index < -0.39 is 0 Å². The molecular formula is C65H52N6. The van der Waals surface area contributed by atoms with Gasteiger partial charge in [-0.15, -0.1) is 0 Å². The molecule has 0 saturated heterocycles. The van der Waals surface area contributed by atoms with Gasteiger partial charge in [0.2, 0.25) is 0 Å². The summed E-state index contributed by atoms with van der Waals surface area (Å²) in [6, 6.07) is 51.9. The third kappa shape index (κ3) is 6.38. The number of allylic oxidation sites excluding steroid dienone is 2. The van der Waals surface area contributed by atoms with Crippen molar-refractivity contribution >= 4 is 82.4 Å². The average molecular weight is 917 g/mol. The standard InChI is InChI=1S/C65H52N6/c1-36(2)11-19-54-44(10)45-27-37(3)12-20-55(45)68(54)62-52(34-66)64(70-58-23-15-40(6)30-48(58)49-31-41(7)16-24-59(49)70)65(71-60-25-17-42(8)32-50(60)51-33-43(9)18-26-61(51)71)53(35-67)63(62)69-56-21-13-38(4)28-46(56)47-29-39(5)14-22-57(47)69/h11-33H,1H2,2-10H3/b19-11-. The van der Waals surface area contributed by atoms with Gasteiger partial charge in [-0.1, -0.05) is 99.6 Å². The van der Waals surface area contributed by atoms with Crippen molar-refractivity contribution in [1.82, 2.24) is 18.3 Å². The van der Waals surface area contributed by atoms with Crippen molar-refractivity contribution < 1.29 is 0 Å². The van der Waals surface area contributed by atoms with Crippen molar-refractivity contribution in [2.24, 2.45) is 0 Å². The van der Waals surface area contributed by atoms with E-state index in [2.05, 4.69) is 226 Å². The molecule has 0 N–H and O–H groups in total. The van der Waals surface area contributed by atoms with Crippen LogP contribution >= 0.6 is 0 Å². The maximum Gasteiger partial charge on any atom is 0.104 e. The summed E-state index contributed by atoms with van der Waals surface area (Å²) >= 11 is 0. The Labute approximate surface area is 413 Å². The Morgan fingerprint density at radius 2 is 0.620 bits per heavy atom. The minimum Gasteiger partial charge on any atom is -0.306 e. The van der Waals surface area contributed by atoms with Crippen molar-refractivity contribution in [2.75, 3.05) is 0 Å². The van der Waals surface area contributed by atoms with Gasteiger partial charge in [-0.3, -0.25) is 0 Å². The van der Waals surface area contributed by atoms with Gasteiger partial charge in [-0.05, 0) is 159 Å². The van der Waals surface area contributed by atoms with E-state index in [1.807, 2.05) is 13.0 Å². The first-order chi connectivity index (χ1) is 34.3. The van der Waals surface area contributed by atoms with Gasteiger partial charge in [0.15, 0.2) is 0 Å². The van der Waals surface area contributed by atoms with Gasteiger partial charge >= 0.3 is 0 Å². The topological polar surface area (TPSA) is 67.3 Å². The van der Waals surface area contributed by atoms with Crippen LogP contribution in [0.2, 0.25) is 0 Å². The van der Waals surface area contributed by atoms with Crippen molar-refractivity contribution in [1.29, 1.82) is 10.5 Å². The molecule has 6 nitrogen and oxygen atoms in total. The number of hydrogen-bond acceptors (Lipinski definition) is 2. The van der Waals surface area contributed by atoms with Gasteiger partial charge in [0.25, 0.3) is 0 Å². The highest BCUT2D eigenvalue weighted by Gasteiger charge is 2.35. The maximum absolute atomic E-state index is 12.6. The van der Waals surface area contributed by atoms with Gasteiger partial charge in [0, 0.05) is 43.4 Å². The SMILES string of the molecule is C=C(C)/C=C\c1c(C)c2cc(C)ccc2n1-c1c(C#N)c(-n2c3ccc(C)cc3c3cc(C)ccc32)c(-n2c3ccc(C)cc3c3cc(C)ccc32)c(C#N)c1-n1c2ccc(C)cc2c2cc(C)ccc21. The van der Waals surface area contributed by atoms with Gasteiger partial charge in [-0.25, -0.2) is 0 Å². The number of benzene rings is 8. The Bertz CT molecular complexity index is 4300. The smallest absolute Gasteiger partial charge is 0.104 e. The molecule has 0 saturated carbocycles. The highest BCUT2D eigenvalue weighted by Crippen LogP contribution is 2.49. The van der Waals surface area contributed by atoms with Crippen LogP contribution in [-0.4, -0.2) is 18.3 Å². The van der Waals surface area contributed by atoms with E-state index in [-0.39, 0.29) is 0 Å². The van der Waals surface area contributed by atoms with E-state index in [9.17, 15) is 10.5 Å². The second kappa shape index (κ2) is 15.9. The molecule has 0 aliphatic rings. The normalized spacial score (nSPS) is 12.0. The van der Waals surface area contributed by atoms with Crippen LogP contribution in [0.15, 0.2) is 146 Å². The molecule has 71 heavy (non-hydrogen) atoms. The Morgan fingerprint density at radius 3 is 0.873 bits per heavy atom. The lowest BCUT2D eigenvalue weighted by atomic mass is 9.98. The molecule has 0 atom stereocenters. The Balaban J connectivity index is 1.45. The second-order valence-electron chi connectivity index (χ2n) is 20.0. The fraction of sp³-hybridized carbons (Fsp3) is 0.138. The van der Waals surface area contributed by atoms with E-state index in [4.69, 9.17) is 0 Å². The summed E-state index contributed by atoms with van der Waals surface area (Å²) in [7, 11) is 0. The molecule has 4 aromatic heterocycles. The molecule has 6 heteroatoms. The molecular weight excluding hydrogens is 865 g/mol. The Kier molecular flexibility index (Phi) is 9.70. The summed E-state index contributed by atoms with van der Waals surface area (Å²) in [4.78, 5) is 0. The summed E-state index contributed by atoms with van der Waals surface area (Å²) in [6.45, 7) is 23.3. The van der Waals surface area contributed by atoms with Crippen molar-refractivity contribution in [3.05, 3.63) is 207 Å². The van der Waals surface area contributed by atoms with E-state index in [1.54, 1.807) is 0 Å². The number of aromatic nitrogens is 4. The fourth-order valence-electron chi connectivity index (χ4n) is 11.5. The molecule has 0 amide bonds. The lowest BCUT2D eigenvalue weighted by molar-refractivity contribution is 1.00. The largest absolute Gasteiger partial charge is 0.306 e. The Morgan fingerprint density at radius 1 is 0.380 bits per heavy atom. The number of aryl methyl sites for hydroxylation is 8. The van der Waals surface area contributed by atoms with E-state index >= 15 is 0 Å². The minimum atomic E-state index is 0.430. The summed E-state index contributed by atoms with van der Waals surface area (Å²) in [5.41, 5.74) is 20.8. The average Bonchev–Trinajstić information content (AvgIpc) is 4.02. The third-order valence-electron chi connectivity index (χ3n) is 14.7. The van der Waals surface area contributed by atoms with E-state index in [0.29, 0.717) is 33.9 Å². The van der Waals surface area contributed by atoms with E-state index in [1.165, 1.54) is 0 Å². The molecule has 12 aromatic rings. The molecule has 0 radical (unpaired) electrons. The van der Waals surface area contributed by atoms with Crippen LogP contribution in [0.3, 0.4) is 0 Å². The molecule has 0 aliphatic heterocycles. The van der Waals surface area contributed by atoms with Crippen LogP contribution in [0, 0.1) is 78.1 Å².